The highest BCUT2D eigenvalue weighted by atomic mass is 32.1. The van der Waals surface area contributed by atoms with Crippen LogP contribution in [-0.2, 0) is 11.3 Å². The number of para-hydroxylation sites is 2. The molecule has 0 atom stereocenters. The fourth-order valence-electron chi connectivity index (χ4n) is 5.54. The number of halogens is 3. The highest BCUT2D eigenvalue weighted by Gasteiger charge is 2.38. The predicted molar refractivity (Wildman–Crippen MR) is 172 cm³/mol. The van der Waals surface area contributed by atoms with Crippen molar-refractivity contribution in [1.29, 1.82) is 0 Å². The maximum Gasteiger partial charge on any atom is 0.490 e. The van der Waals surface area contributed by atoms with Gasteiger partial charge in [0, 0.05) is 48.4 Å². The normalized spacial score (nSPS) is 14.1. The number of hydrogen-bond acceptors (Lipinski definition) is 8. The molecule has 1 aliphatic rings. The predicted octanol–water partition coefficient (Wildman–Crippen LogP) is 6.44. The van der Waals surface area contributed by atoms with Gasteiger partial charge in [0.2, 0.25) is 5.82 Å². The molecule has 240 valence electrons. The number of carboxylic acids is 1. The second-order valence-corrected chi connectivity index (χ2v) is 11.8. The van der Waals surface area contributed by atoms with E-state index in [-0.39, 0.29) is 11.7 Å². The smallest absolute Gasteiger partial charge is 0.475 e. The number of nitrogens with one attached hydrogen (secondary N) is 1. The zero-order valence-electron chi connectivity index (χ0n) is 24.8. The third-order valence-corrected chi connectivity index (χ3v) is 8.55. The van der Waals surface area contributed by atoms with E-state index >= 15 is 0 Å². The van der Waals surface area contributed by atoms with Crippen molar-refractivity contribution in [3.8, 4) is 33.3 Å². The van der Waals surface area contributed by atoms with Crippen molar-refractivity contribution < 1.29 is 23.1 Å². The summed E-state index contributed by atoms with van der Waals surface area (Å²) < 4.78 is 33.7. The summed E-state index contributed by atoms with van der Waals surface area (Å²) in [5, 5.41) is 18.7. The molecule has 1 aliphatic heterocycles. The molecular formula is C33H28F3N7O3S. The van der Waals surface area contributed by atoms with Crippen LogP contribution < -0.4 is 5.69 Å². The van der Waals surface area contributed by atoms with Gasteiger partial charge in [0.15, 0.2) is 5.01 Å². The quantitative estimate of drug-likeness (QED) is 0.209. The van der Waals surface area contributed by atoms with E-state index in [0.717, 1.165) is 71.0 Å². The Balaban J connectivity index is 0.000000499. The number of alkyl halides is 3. The molecule has 2 N–H and O–H groups in total. The average Bonchev–Trinajstić information content (AvgIpc) is 3.74. The van der Waals surface area contributed by atoms with Crippen LogP contribution in [0.1, 0.15) is 24.4 Å². The number of hydrogen-bond donors (Lipinski definition) is 2. The largest absolute Gasteiger partial charge is 0.490 e. The topological polar surface area (TPSA) is 130 Å². The summed E-state index contributed by atoms with van der Waals surface area (Å²) in [7, 11) is 0. The van der Waals surface area contributed by atoms with Crippen LogP contribution in [0, 0.1) is 0 Å². The molecule has 10 nitrogen and oxygen atoms in total. The molecule has 3 aromatic heterocycles. The molecule has 0 aliphatic carbocycles. The first-order chi connectivity index (χ1) is 22.7. The number of fused-ring (bicyclic) bond motifs is 1. The Morgan fingerprint density at radius 2 is 1.57 bits per heavy atom. The number of aromatic nitrogens is 6. The Kier molecular flexibility index (Phi) is 9.22. The summed E-state index contributed by atoms with van der Waals surface area (Å²) in [4.78, 5) is 36.3. The SMILES string of the molecule is O=C(O)C(F)(F)F.O=c1[nH]c2ccccc2n1C1CCN(Cc2ccc(-c3nc(-c4nccs4)nnc3-c3ccccc3)cc2)CC1. The number of rotatable bonds is 6. The van der Waals surface area contributed by atoms with Gasteiger partial charge in [-0.25, -0.2) is 19.6 Å². The van der Waals surface area contributed by atoms with Gasteiger partial charge in [-0.2, -0.15) is 13.2 Å². The van der Waals surface area contributed by atoms with E-state index in [0.29, 0.717) is 5.82 Å². The molecule has 6 aromatic rings. The fourth-order valence-corrected chi connectivity index (χ4v) is 6.10. The highest BCUT2D eigenvalue weighted by Crippen LogP contribution is 2.31. The van der Waals surface area contributed by atoms with Gasteiger partial charge in [-0.3, -0.25) is 9.47 Å². The molecule has 3 aromatic carbocycles. The second-order valence-electron chi connectivity index (χ2n) is 10.9. The van der Waals surface area contributed by atoms with Crippen LogP contribution in [0.15, 0.2) is 95.2 Å². The third-order valence-electron chi connectivity index (χ3n) is 7.78. The number of H-pyrrole nitrogens is 1. The number of thiazole rings is 1. The van der Waals surface area contributed by atoms with E-state index in [4.69, 9.17) is 14.9 Å². The molecule has 7 rings (SSSR count). The van der Waals surface area contributed by atoms with Crippen molar-refractivity contribution in [3.63, 3.8) is 0 Å². The summed E-state index contributed by atoms with van der Waals surface area (Å²) in [6.45, 7) is 2.76. The van der Waals surface area contributed by atoms with E-state index < -0.39 is 12.1 Å². The van der Waals surface area contributed by atoms with Crippen molar-refractivity contribution in [2.24, 2.45) is 0 Å². The van der Waals surface area contributed by atoms with Crippen molar-refractivity contribution in [3.05, 3.63) is 106 Å². The van der Waals surface area contributed by atoms with Gasteiger partial charge < -0.3 is 10.1 Å². The molecular weight excluding hydrogens is 631 g/mol. The first-order valence-corrected chi connectivity index (χ1v) is 15.6. The van der Waals surface area contributed by atoms with Crippen LogP contribution in [0.3, 0.4) is 0 Å². The molecule has 1 saturated heterocycles. The van der Waals surface area contributed by atoms with Gasteiger partial charge in [-0.05, 0) is 30.5 Å². The van der Waals surface area contributed by atoms with Gasteiger partial charge in [-0.15, -0.1) is 21.5 Å². The Morgan fingerprint density at radius 1 is 0.915 bits per heavy atom. The van der Waals surface area contributed by atoms with Crippen LogP contribution in [0.4, 0.5) is 13.2 Å². The molecule has 0 spiro atoms. The molecule has 0 radical (unpaired) electrons. The van der Waals surface area contributed by atoms with Crippen LogP contribution in [0.25, 0.3) is 44.4 Å². The second kappa shape index (κ2) is 13.6. The monoisotopic (exact) mass is 659 g/mol. The zero-order chi connectivity index (χ0) is 33.0. The number of carbonyl (C=O) groups is 1. The van der Waals surface area contributed by atoms with Gasteiger partial charge in [-0.1, -0.05) is 66.7 Å². The van der Waals surface area contributed by atoms with Gasteiger partial charge in [0.05, 0.1) is 11.0 Å². The van der Waals surface area contributed by atoms with Crippen molar-refractivity contribution in [2.45, 2.75) is 31.6 Å². The zero-order valence-corrected chi connectivity index (χ0v) is 25.6. The number of aliphatic carboxylic acids is 1. The van der Waals surface area contributed by atoms with E-state index in [2.05, 4.69) is 49.3 Å². The minimum absolute atomic E-state index is 0.0117. The number of benzene rings is 3. The number of imidazole rings is 1. The average molecular weight is 660 g/mol. The van der Waals surface area contributed by atoms with E-state index in [1.54, 1.807) is 6.20 Å². The number of likely N-dealkylation sites (tertiary alicyclic amines) is 1. The number of nitrogens with zero attached hydrogens (tertiary/aromatic N) is 6. The summed E-state index contributed by atoms with van der Waals surface area (Å²) in [5.74, 6) is -2.22. The molecule has 4 heterocycles. The number of carboxylic acid groups (broad SMARTS) is 1. The first kappa shape index (κ1) is 31.8. The molecule has 0 unspecified atom stereocenters. The lowest BCUT2D eigenvalue weighted by Gasteiger charge is -2.32. The number of piperidine rings is 1. The van der Waals surface area contributed by atoms with Crippen molar-refractivity contribution in [2.75, 3.05) is 13.1 Å². The third kappa shape index (κ3) is 7.28. The lowest BCUT2D eigenvalue weighted by Crippen LogP contribution is -2.36. The van der Waals surface area contributed by atoms with E-state index in [1.165, 1.54) is 16.9 Å². The van der Waals surface area contributed by atoms with Gasteiger partial charge in [0.1, 0.15) is 11.4 Å². The molecule has 0 bridgehead atoms. The summed E-state index contributed by atoms with van der Waals surface area (Å²) in [6.07, 6.45) is -1.43. The lowest BCUT2D eigenvalue weighted by atomic mass is 10.0. The Morgan fingerprint density at radius 3 is 2.23 bits per heavy atom. The molecule has 0 amide bonds. The van der Waals surface area contributed by atoms with Crippen LogP contribution in [0.2, 0.25) is 0 Å². The Hall–Kier alpha value is -5.21. The Bertz CT molecular complexity index is 2020. The summed E-state index contributed by atoms with van der Waals surface area (Å²) in [5.41, 5.74) is 6.65. The minimum atomic E-state index is -5.08. The van der Waals surface area contributed by atoms with Gasteiger partial charge >= 0.3 is 17.8 Å². The van der Waals surface area contributed by atoms with Crippen LogP contribution in [-0.4, -0.2) is 65.0 Å². The minimum Gasteiger partial charge on any atom is -0.475 e. The van der Waals surface area contributed by atoms with Crippen molar-refractivity contribution >= 4 is 28.3 Å². The lowest BCUT2D eigenvalue weighted by molar-refractivity contribution is -0.192. The van der Waals surface area contributed by atoms with E-state index in [1.807, 2.05) is 64.5 Å². The Labute approximate surface area is 270 Å². The van der Waals surface area contributed by atoms with Crippen LogP contribution in [0.5, 0.6) is 0 Å². The molecule has 47 heavy (non-hydrogen) atoms. The fraction of sp³-hybridized carbons (Fsp3) is 0.212. The van der Waals surface area contributed by atoms with Crippen molar-refractivity contribution in [1.82, 2.24) is 34.6 Å². The highest BCUT2D eigenvalue weighted by molar-refractivity contribution is 7.13. The molecule has 0 saturated carbocycles. The number of aromatic amines is 1. The maximum absolute atomic E-state index is 12.6. The first-order valence-electron chi connectivity index (χ1n) is 14.7. The van der Waals surface area contributed by atoms with Gasteiger partial charge in [0.25, 0.3) is 0 Å². The molecule has 14 heteroatoms. The standard InChI is InChI=1S/C31H27N7OS.C2HF3O2/c39-31-33-25-8-4-5-9-26(25)38(31)24-14-17-37(18-15-24)20-21-10-12-23(13-11-21)27-28(22-6-2-1-3-7-22)35-36-29(34-27)30-32-16-19-40-30;3-2(4,5)1(6)7/h1-13,16,19,24H,14-15,17-18,20H2,(H,33,39);(H,6,7). The van der Waals surface area contributed by atoms with Crippen LogP contribution >= 0.6 is 11.3 Å². The maximum atomic E-state index is 12.6. The summed E-state index contributed by atoms with van der Waals surface area (Å²) >= 11 is 1.50. The molecule has 1 fully saturated rings. The van der Waals surface area contributed by atoms with E-state index in [9.17, 15) is 18.0 Å². The summed E-state index contributed by atoms with van der Waals surface area (Å²) in [6, 6.07) is 26.8.